The van der Waals surface area contributed by atoms with Crippen molar-refractivity contribution in [1.82, 2.24) is 0 Å². The van der Waals surface area contributed by atoms with E-state index in [-0.39, 0.29) is 6.42 Å². The van der Waals surface area contributed by atoms with Gasteiger partial charge in [-0.3, -0.25) is 4.79 Å². The standard InChI is InChI=1S/C14H19NO2/c16-14(17)11-12-5-7-13(8-6-12)15-9-3-1-2-4-10-15/h5-8H,1-4,9-11H2,(H,16,17). The van der Waals surface area contributed by atoms with Crippen LogP contribution < -0.4 is 4.90 Å². The number of benzene rings is 1. The quantitative estimate of drug-likeness (QED) is 0.872. The van der Waals surface area contributed by atoms with Crippen molar-refractivity contribution in [3.8, 4) is 0 Å². The summed E-state index contributed by atoms with van der Waals surface area (Å²) in [6.07, 6.45) is 5.29. The lowest BCUT2D eigenvalue weighted by Gasteiger charge is -2.22. The first-order valence-electron chi connectivity index (χ1n) is 6.31. The second-order valence-corrected chi connectivity index (χ2v) is 4.64. The van der Waals surface area contributed by atoms with E-state index < -0.39 is 5.97 Å². The number of aliphatic carboxylic acids is 1. The van der Waals surface area contributed by atoms with Gasteiger partial charge >= 0.3 is 5.97 Å². The minimum atomic E-state index is -0.771. The molecule has 0 bridgehead atoms. The molecule has 2 rings (SSSR count). The first-order chi connectivity index (χ1) is 8.25. The van der Waals surface area contributed by atoms with Gasteiger partial charge in [0.1, 0.15) is 0 Å². The molecule has 1 heterocycles. The third-order valence-electron chi connectivity index (χ3n) is 3.26. The van der Waals surface area contributed by atoms with Crippen LogP contribution in [0.2, 0.25) is 0 Å². The van der Waals surface area contributed by atoms with E-state index in [1.165, 1.54) is 31.4 Å². The van der Waals surface area contributed by atoms with E-state index in [1.54, 1.807) is 0 Å². The molecule has 17 heavy (non-hydrogen) atoms. The zero-order valence-corrected chi connectivity index (χ0v) is 10.1. The highest BCUT2D eigenvalue weighted by molar-refractivity contribution is 5.70. The molecule has 0 aliphatic carbocycles. The highest BCUT2D eigenvalue weighted by Crippen LogP contribution is 2.20. The average Bonchev–Trinajstić information content (AvgIpc) is 2.58. The van der Waals surface area contributed by atoms with E-state index in [0.717, 1.165) is 18.7 Å². The summed E-state index contributed by atoms with van der Waals surface area (Å²) in [5.74, 6) is -0.771. The second kappa shape index (κ2) is 5.71. The number of nitrogens with zero attached hydrogens (tertiary/aromatic N) is 1. The van der Waals surface area contributed by atoms with E-state index in [2.05, 4.69) is 4.90 Å². The molecule has 1 saturated heterocycles. The molecule has 0 unspecified atom stereocenters. The molecule has 0 atom stereocenters. The molecule has 0 aromatic heterocycles. The first-order valence-corrected chi connectivity index (χ1v) is 6.31. The van der Waals surface area contributed by atoms with Gasteiger partial charge in [0, 0.05) is 18.8 Å². The number of hydrogen-bond acceptors (Lipinski definition) is 2. The van der Waals surface area contributed by atoms with Crippen LogP contribution in [0.1, 0.15) is 31.2 Å². The molecular weight excluding hydrogens is 214 g/mol. The average molecular weight is 233 g/mol. The van der Waals surface area contributed by atoms with Crippen molar-refractivity contribution >= 4 is 11.7 Å². The fourth-order valence-electron chi connectivity index (χ4n) is 2.33. The highest BCUT2D eigenvalue weighted by Gasteiger charge is 2.09. The SMILES string of the molecule is O=C(O)Cc1ccc(N2CCCCCC2)cc1. The van der Waals surface area contributed by atoms with Gasteiger partial charge in [-0.15, -0.1) is 0 Å². The Kier molecular flexibility index (Phi) is 4.02. The maximum Gasteiger partial charge on any atom is 0.307 e. The fourth-order valence-corrected chi connectivity index (χ4v) is 2.33. The Morgan fingerprint density at radius 1 is 1.06 bits per heavy atom. The first kappa shape index (κ1) is 12.0. The van der Waals surface area contributed by atoms with Crippen molar-refractivity contribution < 1.29 is 9.90 Å². The predicted molar refractivity (Wildman–Crippen MR) is 68.5 cm³/mol. The van der Waals surface area contributed by atoms with Crippen molar-refractivity contribution in [2.24, 2.45) is 0 Å². The van der Waals surface area contributed by atoms with E-state index >= 15 is 0 Å². The van der Waals surface area contributed by atoms with Crippen LogP contribution in [0.15, 0.2) is 24.3 Å². The summed E-state index contributed by atoms with van der Waals surface area (Å²) in [4.78, 5) is 13.0. The zero-order valence-electron chi connectivity index (χ0n) is 10.1. The predicted octanol–water partition coefficient (Wildman–Crippen LogP) is 2.69. The Morgan fingerprint density at radius 3 is 2.18 bits per heavy atom. The van der Waals surface area contributed by atoms with Crippen LogP contribution in [-0.2, 0) is 11.2 Å². The van der Waals surface area contributed by atoms with Gasteiger partial charge in [0.2, 0.25) is 0 Å². The number of carboxylic acid groups (broad SMARTS) is 1. The van der Waals surface area contributed by atoms with Crippen molar-refractivity contribution in [3.63, 3.8) is 0 Å². The molecule has 0 saturated carbocycles. The number of anilines is 1. The zero-order chi connectivity index (χ0) is 12.1. The monoisotopic (exact) mass is 233 g/mol. The molecule has 0 amide bonds. The normalized spacial score (nSPS) is 16.6. The Balaban J connectivity index is 2.03. The van der Waals surface area contributed by atoms with Crippen LogP contribution >= 0.6 is 0 Å². The lowest BCUT2D eigenvalue weighted by Crippen LogP contribution is -2.23. The fraction of sp³-hybridized carbons (Fsp3) is 0.500. The molecule has 1 aliphatic rings. The van der Waals surface area contributed by atoms with Gasteiger partial charge in [-0.25, -0.2) is 0 Å². The van der Waals surface area contributed by atoms with Crippen LogP contribution in [0.3, 0.4) is 0 Å². The van der Waals surface area contributed by atoms with Crippen molar-refractivity contribution in [3.05, 3.63) is 29.8 Å². The minimum Gasteiger partial charge on any atom is -0.481 e. The summed E-state index contributed by atoms with van der Waals surface area (Å²) in [6, 6.07) is 7.94. The molecule has 1 aliphatic heterocycles. The lowest BCUT2D eigenvalue weighted by atomic mass is 10.1. The summed E-state index contributed by atoms with van der Waals surface area (Å²) in [7, 11) is 0. The number of rotatable bonds is 3. The summed E-state index contributed by atoms with van der Waals surface area (Å²) >= 11 is 0. The molecule has 1 aromatic carbocycles. The van der Waals surface area contributed by atoms with E-state index in [9.17, 15) is 4.79 Å². The van der Waals surface area contributed by atoms with E-state index in [1.807, 2.05) is 24.3 Å². The van der Waals surface area contributed by atoms with Crippen molar-refractivity contribution in [1.29, 1.82) is 0 Å². The Hall–Kier alpha value is -1.51. The van der Waals surface area contributed by atoms with Crippen LogP contribution in [0.25, 0.3) is 0 Å². The second-order valence-electron chi connectivity index (χ2n) is 4.64. The largest absolute Gasteiger partial charge is 0.481 e. The number of carbonyl (C=O) groups is 1. The third kappa shape index (κ3) is 3.48. The lowest BCUT2D eigenvalue weighted by molar-refractivity contribution is -0.136. The van der Waals surface area contributed by atoms with Gasteiger partial charge in [-0.05, 0) is 30.5 Å². The van der Waals surface area contributed by atoms with Gasteiger partial charge < -0.3 is 10.0 Å². The van der Waals surface area contributed by atoms with Gasteiger partial charge in [0.05, 0.1) is 6.42 Å². The molecule has 3 nitrogen and oxygen atoms in total. The molecule has 1 aromatic rings. The molecular formula is C14H19NO2. The Bertz CT molecular complexity index is 364. The van der Waals surface area contributed by atoms with Crippen LogP contribution in [0.4, 0.5) is 5.69 Å². The Morgan fingerprint density at radius 2 is 1.65 bits per heavy atom. The molecule has 1 fully saturated rings. The van der Waals surface area contributed by atoms with E-state index in [0.29, 0.717) is 0 Å². The van der Waals surface area contributed by atoms with Gasteiger partial charge in [-0.2, -0.15) is 0 Å². The van der Waals surface area contributed by atoms with Crippen LogP contribution in [0, 0.1) is 0 Å². The number of hydrogen-bond donors (Lipinski definition) is 1. The van der Waals surface area contributed by atoms with Gasteiger partial charge in [-0.1, -0.05) is 25.0 Å². The van der Waals surface area contributed by atoms with Crippen LogP contribution in [0.5, 0.6) is 0 Å². The van der Waals surface area contributed by atoms with Crippen LogP contribution in [-0.4, -0.2) is 24.2 Å². The van der Waals surface area contributed by atoms with Crippen molar-refractivity contribution in [2.75, 3.05) is 18.0 Å². The molecule has 92 valence electrons. The third-order valence-corrected chi connectivity index (χ3v) is 3.26. The maximum atomic E-state index is 10.6. The molecule has 0 spiro atoms. The minimum absolute atomic E-state index is 0.111. The van der Waals surface area contributed by atoms with Gasteiger partial charge in [0.25, 0.3) is 0 Å². The highest BCUT2D eigenvalue weighted by atomic mass is 16.4. The molecule has 0 radical (unpaired) electrons. The van der Waals surface area contributed by atoms with Crippen molar-refractivity contribution in [2.45, 2.75) is 32.1 Å². The summed E-state index contributed by atoms with van der Waals surface area (Å²) in [6.45, 7) is 2.25. The van der Waals surface area contributed by atoms with E-state index in [4.69, 9.17) is 5.11 Å². The number of carboxylic acids is 1. The topological polar surface area (TPSA) is 40.5 Å². The summed E-state index contributed by atoms with van der Waals surface area (Å²) in [5, 5.41) is 8.71. The summed E-state index contributed by atoms with van der Waals surface area (Å²) in [5.41, 5.74) is 2.09. The van der Waals surface area contributed by atoms with Gasteiger partial charge in [0.15, 0.2) is 0 Å². The summed E-state index contributed by atoms with van der Waals surface area (Å²) < 4.78 is 0. The Labute approximate surface area is 102 Å². The molecule has 1 N–H and O–H groups in total. The maximum absolute atomic E-state index is 10.6. The smallest absolute Gasteiger partial charge is 0.307 e. The molecule has 3 heteroatoms.